The van der Waals surface area contributed by atoms with Gasteiger partial charge in [-0.15, -0.1) is 0 Å². The SMILES string of the molecule is CC(=O)OCC1(C)CCCC2(C)C1CC(OC(C)=O)C1=CC3(C(C)C)CCC12OO3. The van der Waals surface area contributed by atoms with E-state index < -0.39 is 11.2 Å². The maximum atomic E-state index is 12.0. The molecule has 6 unspecified atom stereocenters. The molecule has 2 saturated carbocycles. The van der Waals surface area contributed by atoms with Gasteiger partial charge in [-0.1, -0.05) is 34.1 Å². The molecule has 3 aliphatic carbocycles. The van der Waals surface area contributed by atoms with Crippen molar-refractivity contribution in [1.82, 2.24) is 0 Å². The molecule has 2 bridgehead atoms. The Kier molecular flexibility index (Phi) is 5.13. The van der Waals surface area contributed by atoms with E-state index >= 15 is 0 Å². The van der Waals surface area contributed by atoms with Crippen LogP contribution in [0.25, 0.3) is 0 Å². The Morgan fingerprint density at radius 2 is 1.83 bits per heavy atom. The molecule has 2 aliphatic heterocycles. The van der Waals surface area contributed by atoms with Crippen LogP contribution in [0.2, 0.25) is 0 Å². The van der Waals surface area contributed by atoms with Gasteiger partial charge in [-0.05, 0) is 50.0 Å². The first-order valence-corrected chi connectivity index (χ1v) is 11.4. The van der Waals surface area contributed by atoms with E-state index in [4.69, 9.17) is 19.2 Å². The molecule has 6 atom stereocenters. The zero-order valence-electron chi connectivity index (χ0n) is 19.2. The van der Waals surface area contributed by atoms with Gasteiger partial charge in [-0.3, -0.25) is 9.59 Å². The fraction of sp³-hybridized carbons (Fsp3) is 0.833. The van der Waals surface area contributed by atoms with Gasteiger partial charge in [0.15, 0.2) is 0 Å². The molecule has 0 aromatic rings. The second-order valence-corrected chi connectivity index (χ2v) is 10.8. The van der Waals surface area contributed by atoms with E-state index in [1.54, 1.807) is 0 Å². The van der Waals surface area contributed by atoms with Crippen LogP contribution in [-0.4, -0.2) is 35.9 Å². The highest BCUT2D eigenvalue weighted by Crippen LogP contribution is 2.69. The molecule has 1 saturated heterocycles. The summed E-state index contributed by atoms with van der Waals surface area (Å²) in [5.41, 5.74) is -0.380. The van der Waals surface area contributed by atoms with Gasteiger partial charge in [0.05, 0.1) is 6.61 Å². The third-order valence-electron chi connectivity index (χ3n) is 8.74. The minimum Gasteiger partial charge on any atom is -0.465 e. The number of ether oxygens (including phenoxy) is 2. The maximum absolute atomic E-state index is 12.0. The second kappa shape index (κ2) is 7.06. The molecular formula is C24H36O6. The smallest absolute Gasteiger partial charge is 0.303 e. The normalized spacial score (nSPS) is 44.7. The number of esters is 2. The van der Waals surface area contributed by atoms with E-state index in [1.807, 2.05) is 0 Å². The molecule has 6 nitrogen and oxygen atoms in total. The Morgan fingerprint density at radius 3 is 2.40 bits per heavy atom. The van der Waals surface area contributed by atoms with Crippen molar-refractivity contribution in [2.45, 2.75) is 97.4 Å². The molecule has 0 N–H and O–H groups in total. The topological polar surface area (TPSA) is 71.1 Å². The largest absolute Gasteiger partial charge is 0.465 e. The van der Waals surface area contributed by atoms with E-state index in [0.717, 1.165) is 44.1 Å². The number of hydrogen-bond donors (Lipinski definition) is 0. The van der Waals surface area contributed by atoms with Gasteiger partial charge in [-0.2, -0.15) is 0 Å². The van der Waals surface area contributed by atoms with Crippen LogP contribution < -0.4 is 0 Å². The van der Waals surface area contributed by atoms with Crippen molar-refractivity contribution < 1.29 is 28.8 Å². The zero-order valence-corrected chi connectivity index (χ0v) is 19.2. The number of carbonyl (C=O) groups excluding carboxylic acids is 2. The molecule has 3 fully saturated rings. The Balaban J connectivity index is 1.81. The summed E-state index contributed by atoms with van der Waals surface area (Å²) in [7, 11) is 0. The van der Waals surface area contributed by atoms with Crippen LogP contribution in [0.3, 0.4) is 0 Å². The minimum absolute atomic E-state index is 0.174. The van der Waals surface area contributed by atoms with Crippen LogP contribution in [0.5, 0.6) is 0 Å². The molecule has 2 heterocycles. The van der Waals surface area contributed by atoms with E-state index in [0.29, 0.717) is 6.61 Å². The standard InChI is InChI=1S/C24H36O6/c1-15(2)23-10-11-24(30-29-23)18(13-23)19(28-17(4)26)12-20-21(5,14-27-16(3)25)8-7-9-22(20,24)6/h13,15,19-20H,7-12,14H2,1-6H3. The molecular weight excluding hydrogens is 384 g/mol. The fourth-order valence-electron chi connectivity index (χ4n) is 6.98. The van der Waals surface area contributed by atoms with Crippen LogP contribution >= 0.6 is 0 Å². The van der Waals surface area contributed by atoms with Gasteiger partial charge in [0, 0.05) is 30.3 Å². The molecule has 1 spiro atoms. The van der Waals surface area contributed by atoms with Crippen molar-refractivity contribution in [1.29, 1.82) is 0 Å². The Hall–Kier alpha value is -1.40. The molecule has 168 valence electrons. The van der Waals surface area contributed by atoms with Crippen LogP contribution in [0.4, 0.5) is 0 Å². The summed E-state index contributed by atoms with van der Waals surface area (Å²) < 4.78 is 11.4. The van der Waals surface area contributed by atoms with Gasteiger partial charge in [0.1, 0.15) is 17.3 Å². The molecule has 0 radical (unpaired) electrons. The summed E-state index contributed by atoms with van der Waals surface area (Å²) in [6, 6.07) is 0. The van der Waals surface area contributed by atoms with Crippen LogP contribution in [-0.2, 0) is 28.8 Å². The van der Waals surface area contributed by atoms with Crippen molar-refractivity contribution in [2.75, 3.05) is 6.61 Å². The maximum Gasteiger partial charge on any atom is 0.303 e. The van der Waals surface area contributed by atoms with E-state index in [1.165, 1.54) is 13.8 Å². The van der Waals surface area contributed by atoms with Crippen molar-refractivity contribution in [3.8, 4) is 0 Å². The first kappa shape index (κ1) is 21.8. The van der Waals surface area contributed by atoms with Gasteiger partial charge >= 0.3 is 11.9 Å². The summed E-state index contributed by atoms with van der Waals surface area (Å²) in [5.74, 6) is -0.107. The molecule has 0 aromatic heterocycles. The Bertz CT molecular complexity index is 762. The highest BCUT2D eigenvalue weighted by Gasteiger charge is 2.70. The lowest BCUT2D eigenvalue weighted by atomic mass is 9.43. The Labute approximate surface area is 179 Å². The third-order valence-corrected chi connectivity index (χ3v) is 8.74. The van der Waals surface area contributed by atoms with E-state index in [9.17, 15) is 9.59 Å². The molecule has 5 rings (SSSR count). The zero-order chi connectivity index (χ0) is 21.9. The number of carbonyl (C=O) groups is 2. The summed E-state index contributed by atoms with van der Waals surface area (Å²) in [6.07, 6.45) is 7.37. The van der Waals surface area contributed by atoms with Crippen LogP contribution in [0.15, 0.2) is 11.6 Å². The lowest BCUT2D eigenvalue weighted by Crippen LogP contribution is -2.70. The monoisotopic (exact) mass is 420 g/mol. The fourth-order valence-corrected chi connectivity index (χ4v) is 6.98. The van der Waals surface area contributed by atoms with Gasteiger partial charge in [0.2, 0.25) is 0 Å². The summed E-state index contributed by atoms with van der Waals surface area (Å²) in [5, 5.41) is 0. The highest BCUT2D eigenvalue weighted by molar-refractivity contribution is 5.67. The number of fused-ring (bicyclic) bond motifs is 3. The predicted octanol–water partition coefficient (Wildman–Crippen LogP) is 4.51. The van der Waals surface area contributed by atoms with Crippen molar-refractivity contribution in [2.24, 2.45) is 22.7 Å². The summed E-state index contributed by atoms with van der Waals surface area (Å²) in [4.78, 5) is 36.1. The van der Waals surface area contributed by atoms with Gasteiger partial charge in [0.25, 0.3) is 0 Å². The first-order valence-electron chi connectivity index (χ1n) is 11.4. The summed E-state index contributed by atoms with van der Waals surface area (Å²) >= 11 is 0. The second-order valence-electron chi connectivity index (χ2n) is 10.8. The van der Waals surface area contributed by atoms with Crippen LogP contribution in [0, 0.1) is 22.7 Å². The van der Waals surface area contributed by atoms with E-state index in [2.05, 4.69) is 33.8 Å². The average molecular weight is 421 g/mol. The lowest BCUT2D eigenvalue weighted by molar-refractivity contribution is -0.468. The molecule has 0 amide bonds. The number of rotatable bonds is 4. The molecule has 30 heavy (non-hydrogen) atoms. The van der Waals surface area contributed by atoms with Crippen LogP contribution in [0.1, 0.15) is 80.1 Å². The molecule has 5 aliphatic rings. The summed E-state index contributed by atoms with van der Waals surface area (Å²) in [6.45, 7) is 12.1. The van der Waals surface area contributed by atoms with E-state index in [-0.39, 0.29) is 40.7 Å². The quantitative estimate of drug-likeness (QED) is 0.378. The third kappa shape index (κ3) is 2.97. The minimum atomic E-state index is -0.607. The van der Waals surface area contributed by atoms with Crippen molar-refractivity contribution >= 4 is 11.9 Å². The van der Waals surface area contributed by atoms with Crippen molar-refractivity contribution in [3.05, 3.63) is 11.6 Å². The molecule has 0 aromatic carbocycles. The lowest BCUT2D eigenvalue weighted by Gasteiger charge is -2.67. The predicted molar refractivity (Wildman–Crippen MR) is 110 cm³/mol. The number of hydrogen-bond acceptors (Lipinski definition) is 6. The first-order chi connectivity index (χ1) is 14.0. The highest BCUT2D eigenvalue weighted by atomic mass is 17.2. The van der Waals surface area contributed by atoms with Gasteiger partial charge < -0.3 is 9.47 Å². The average Bonchev–Trinajstić information content (AvgIpc) is 2.68. The van der Waals surface area contributed by atoms with Crippen molar-refractivity contribution in [3.63, 3.8) is 0 Å². The van der Waals surface area contributed by atoms with Gasteiger partial charge in [-0.25, -0.2) is 9.78 Å². The molecule has 6 heteroatoms. The Morgan fingerprint density at radius 1 is 1.10 bits per heavy atom.